The third-order valence-corrected chi connectivity index (χ3v) is 3.69. The Balaban J connectivity index is 1.92. The Labute approximate surface area is 107 Å². The highest BCUT2D eigenvalue weighted by molar-refractivity contribution is 9.10. The van der Waals surface area contributed by atoms with Crippen molar-refractivity contribution in [1.82, 2.24) is 0 Å². The molecule has 2 rings (SSSR count). The molecule has 0 spiro atoms. The summed E-state index contributed by atoms with van der Waals surface area (Å²) in [6.07, 6.45) is 2.66. The van der Waals surface area contributed by atoms with Gasteiger partial charge in [-0.15, -0.1) is 11.8 Å². The van der Waals surface area contributed by atoms with Crippen molar-refractivity contribution < 1.29 is 9.52 Å². The second-order valence-electron chi connectivity index (χ2n) is 3.34. The van der Waals surface area contributed by atoms with Crippen molar-refractivity contribution in [1.29, 1.82) is 0 Å². The summed E-state index contributed by atoms with van der Waals surface area (Å²) in [5.74, 6) is 0.621. The predicted molar refractivity (Wildman–Crippen MR) is 68.5 cm³/mol. The SMILES string of the molecule is OC(CSc1cccc(Br)c1)c1ccoc1. The molecule has 1 unspecified atom stereocenters. The summed E-state index contributed by atoms with van der Waals surface area (Å²) < 4.78 is 5.98. The molecule has 4 heteroatoms. The molecule has 0 radical (unpaired) electrons. The fourth-order valence-corrected chi connectivity index (χ4v) is 2.77. The second-order valence-corrected chi connectivity index (χ2v) is 5.35. The summed E-state index contributed by atoms with van der Waals surface area (Å²) in [4.78, 5) is 1.14. The Morgan fingerprint density at radius 3 is 2.94 bits per heavy atom. The molecular weight excluding hydrogens is 288 g/mol. The van der Waals surface area contributed by atoms with Crippen LogP contribution in [-0.2, 0) is 0 Å². The van der Waals surface area contributed by atoms with Crippen LogP contribution < -0.4 is 0 Å². The Kier molecular flexibility index (Phi) is 4.09. The minimum atomic E-state index is -0.484. The van der Waals surface area contributed by atoms with Gasteiger partial charge >= 0.3 is 0 Å². The van der Waals surface area contributed by atoms with Gasteiger partial charge in [0.1, 0.15) is 0 Å². The zero-order valence-corrected chi connectivity index (χ0v) is 10.9. The second kappa shape index (κ2) is 5.57. The number of hydrogen-bond donors (Lipinski definition) is 1. The molecule has 2 nitrogen and oxygen atoms in total. The molecular formula is C12H11BrO2S. The number of benzene rings is 1. The number of rotatable bonds is 4. The highest BCUT2D eigenvalue weighted by Gasteiger charge is 2.09. The van der Waals surface area contributed by atoms with Gasteiger partial charge in [0.05, 0.1) is 18.6 Å². The molecule has 1 aromatic heterocycles. The summed E-state index contributed by atoms with van der Waals surface area (Å²) in [5.41, 5.74) is 0.822. The maximum absolute atomic E-state index is 9.85. The number of thioether (sulfide) groups is 1. The zero-order valence-electron chi connectivity index (χ0n) is 8.47. The van der Waals surface area contributed by atoms with Crippen LogP contribution in [0.4, 0.5) is 0 Å². The summed E-state index contributed by atoms with van der Waals surface area (Å²) in [5, 5.41) is 9.85. The van der Waals surface area contributed by atoms with Crippen LogP contribution in [0.1, 0.15) is 11.7 Å². The van der Waals surface area contributed by atoms with E-state index in [2.05, 4.69) is 15.9 Å². The van der Waals surface area contributed by atoms with Crippen molar-refractivity contribution in [2.24, 2.45) is 0 Å². The van der Waals surface area contributed by atoms with Gasteiger partial charge in [-0.1, -0.05) is 22.0 Å². The molecule has 2 aromatic rings. The smallest absolute Gasteiger partial charge is 0.0960 e. The largest absolute Gasteiger partial charge is 0.472 e. The van der Waals surface area contributed by atoms with Crippen molar-refractivity contribution in [2.45, 2.75) is 11.0 Å². The lowest BCUT2D eigenvalue weighted by molar-refractivity contribution is 0.203. The van der Waals surface area contributed by atoms with Crippen molar-refractivity contribution in [3.05, 3.63) is 52.9 Å². The average Bonchev–Trinajstić information content (AvgIpc) is 2.79. The van der Waals surface area contributed by atoms with Gasteiger partial charge in [0.15, 0.2) is 0 Å². The Hall–Kier alpha value is -0.710. The lowest BCUT2D eigenvalue weighted by Gasteiger charge is -2.07. The van der Waals surface area contributed by atoms with E-state index in [1.807, 2.05) is 24.3 Å². The highest BCUT2D eigenvalue weighted by Crippen LogP contribution is 2.26. The molecule has 0 aliphatic heterocycles. The maximum Gasteiger partial charge on any atom is 0.0960 e. The van der Waals surface area contributed by atoms with Crippen LogP contribution in [-0.4, -0.2) is 10.9 Å². The molecule has 0 fully saturated rings. The Morgan fingerprint density at radius 1 is 1.38 bits per heavy atom. The molecule has 1 atom stereocenters. The van der Waals surface area contributed by atoms with Gasteiger partial charge in [0, 0.05) is 20.7 Å². The van der Waals surface area contributed by atoms with E-state index in [0.29, 0.717) is 5.75 Å². The molecule has 0 bridgehead atoms. The first-order chi connectivity index (χ1) is 7.75. The van der Waals surface area contributed by atoms with Crippen LogP contribution in [0.5, 0.6) is 0 Å². The highest BCUT2D eigenvalue weighted by atomic mass is 79.9. The Bertz CT molecular complexity index is 442. The summed E-state index contributed by atoms with van der Waals surface area (Å²) in [6, 6.07) is 9.81. The predicted octanol–water partition coefficient (Wildman–Crippen LogP) is 3.87. The molecule has 84 valence electrons. The number of halogens is 1. The van der Waals surface area contributed by atoms with Crippen LogP contribution in [0.3, 0.4) is 0 Å². The van der Waals surface area contributed by atoms with Crippen LogP contribution in [0, 0.1) is 0 Å². The Morgan fingerprint density at radius 2 is 2.25 bits per heavy atom. The topological polar surface area (TPSA) is 33.4 Å². The molecule has 1 heterocycles. The van der Waals surface area contributed by atoms with Crippen LogP contribution in [0.25, 0.3) is 0 Å². The van der Waals surface area contributed by atoms with Crippen molar-refractivity contribution >= 4 is 27.7 Å². The molecule has 0 aliphatic carbocycles. The van der Waals surface area contributed by atoms with Gasteiger partial charge < -0.3 is 9.52 Å². The molecule has 1 N–H and O–H groups in total. The average molecular weight is 299 g/mol. The normalized spacial score (nSPS) is 12.6. The molecule has 0 amide bonds. The minimum Gasteiger partial charge on any atom is -0.472 e. The van der Waals surface area contributed by atoms with Gasteiger partial charge in [0.2, 0.25) is 0 Å². The molecule has 1 aromatic carbocycles. The van der Waals surface area contributed by atoms with Crippen LogP contribution >= 0.6 is 27.7 Å². The number of furan rings is 1. The third kappa shape index (κ3) is 3.14. The lowest BCUT2D eigenvalue weighted by Crippen LogP contribution is -1.98. The van der Waals surface area contributed by atoms with E-state index in [1.54, 1.807) is 30.4 Å². The van der Waals surface area contributed by atoms with E-state index in [-0.39, 0.29) is 0 Å². The quantitative estimate of drug-likeness (QED) is 0.870. The van der Waals surface area contributed by atoms with E-state index in [4.69, 9.17) is 4.42 Å². The number of aliphatic hydroxyl groups is 1. The first-order valence-electron chi connectivity index (χ1n) is 4.84. The van der Waals surface area contributed by atoms with Gasteiger partial charge in [0.25, 0.3) is 0 Å². The van der Waals surface area contributed by atoms with Crippen molar-refractivity contribution in [3.8, 4) is 0 Å². The lowest BCUT2D eigenvalue weighted by atomic mass is 10.2. The van der Waals surface area contributed by atoms with E-state index < -0.39 is 6.10 Å². The molecule has 16 heavy (non-hydrogen) atoms. The monoisotopic (exact) mass is 298 g/mol. The van der Waals surface area contributed by atoms with E-state index in [9.17, 15) is 5.11 Å². The van der Waals surface area contributed by atoms with Gasteiger partial charge in [-0.25, -0.2) is 0 Å². The van der Waals surface area contributed by atoms with Gasteiger partial charge in [-0.3, -0.25) is 0 Å². The minimum absolute atomic E-state index is 0.484. The third-order valence-electron chi connectivity index (χ3n) is 2.13. The summed E-state index contributed by atoms with van der Waals surface area (Å²) in [6.45, 7) is 0. The zero-order chi connectivity index (χ0) is 11.4. The van der Waals surface area contributed by atoms with Crippen LogP contribution in [0.15, 0.2) is 56.6 Å². The molecule has 0 saturated heterocycles. The number of aliphatic hydroxyl groups excluding tert-OH is 1. The fraction of sp³-hybridized carbons (Fsp3) is 0.167. The summed E-state index contributed by atoms with van der Waals surface area (Å²) in [7, 11) is 0. The summed E-state index contributed by atoms with van der Waals surface area (Å²) >= 11 is 5.04. The molecule has 0 saturated carbocycles. The fourth-order valence-electron chi connectivity index (χ4n) is 1.29. The van der Waals surface area contributed by atoms with Crippen molar-refractivity contribution in [3.63, 3.8) is 0 Å². The molecule has 0 aliphatic rings. The van der Waals surface area contributed by atoms with E-state index in [0.717, 1.165) is 14.9 Å². The van der Waals surface area contributed by atoms with Crippen molar-refractivity contribution in [2.75, 3.05) is 5.75 Å². The van der Waals surface area contributed by atoms with E-state index in [1.165, 1.54) is 0 Å². The maximum atomic E-state index is 9.85. The standard InChI is InChI=1S/C12H11BrO2S/c13-10-2-1-3-11(6-10)16-8-12(14)9-4-5-15-7-9/h1-7,12,14H,8H2. The first kappa shape index (κ1) is 11.8. The number of hydrogen-bond acceptors (Lipinski definition) is 3. The van der Waals surface area contributed by atoms with Gasteiger partial charge in [-0.05, 0) is 24.3 Å². The van der Waals surface area contributed by atoms with E-state index >= 15 is 0 Å². The van der Waals surface area contributed by atoms with Gasteiger partial charge in [-0.2, -0.15) is 0 Å². The first-order valence-corrected chi connectivity index (χ1v) is 6.62. The van der Waals surface area contributed by atoms with Crippen LogP contribution in [0.2, 0.25) is 0 Å².